The highest BCUT2D eigenvalue weighted by molar-refractivity contribution is 7.89. The van der Waals surface area contributed by atoms with Gasteiger partial charge in [0.2, 0.25) is 15.9 Å². The highest BCUT2D eigenvalue weighted by atomic mass is 35.5. The number of carbonyl (C=O) groups is 1. The Morgan fingerprint density at radius 3 is 2.16 bits per heavy atom. The lowest BCUT2D eigenvalue weighted by Gasteiger charge is -2.15. The van der Waals surface area contributed by atoms with E-state index in [1.54, 1.807) is 0 Å². The first kappa shape index (κ1) is 20.3. The fourth-order valence-corrected chi connectivity index (χ4v) is 4.40. The van der Waals surface area contributed by atoms with E-state index in [0.29, 0.717) is 15.7 Å². The van der Waals surface area contributed by atoms with Crippen LogP contribution in [0.1, 0.15) is 6.92 Å². The molecule has 0 aromatic heterocycles. The Bertz CT molecular complexity index is 899. The summed E-state index contributed by atoms with van der Waals surface area (Å²) in [6, 6.07) is 7.41. The molecule has 1 amide bonds. The third-order valence-electron chi connectivity index (χ3n) is 3.04. The average Bonchev–Trinajstić information content (AvgIpc) is 2.48. The zero-order chi connectivity index (χ0) is 18.8. The van der Waals surface area contributed by atoms with Gasteiger partial charge in [0.1, 0.15) is 4.90 Å². The summed E-state index contributed by atoms with van der Waals surface area (Å²) in [6.45, 7) is 1.39. The van der Waals surface area contributed by atoms with Crippen LogP contribution >= 0.6 is 46.4 Å². The Morgan fingerprint density at radius 1 is 0.960 bits per heavy atom. The minimum absolute atomic E-state index is 0.00821. The van der Waals surface area contributed by atoms with Gasteiger partial charge in [-0.15, -0.1) is 0 Å². The topological polar surface area (TPSA) is 75.3 Å². The van der Waals surface area contributed by atoms with E-state index in [-0.39, 0.29) is 14.9 Å². The first-order chi connectivity index (χ1) is 11.6. The molecule has 0 fully saturated rings. The van der Waals surface area contributed by atoms with Gasteiger partial charge in [-0.2, -0.15) is 4.72 Å². The van der Waals surface area contributed by atoms with Crippen molar-refractivity contribution < 1.29 is 13.2 Å². The minimum atomic E-state index is -4.05. The molecule has 5 nitrogen and oxygen atoms in total. The van der Waals surface area contributed by atoms with Gasteiger partial charge in [0, 0.05) is 20.8 Å². The minimum Gasteiger partial charge on any atom is -0.325 e. The van der Waals surface area contributed by atoms with Crippen molar-refractivity contribution in [1.82, 2.24) is 4.72 Å². The molecule has 2 aromatic carbocycles. The maximum Gasteiger partial charge on any atom is 0.242 e. The Balaban J connectivity index is 2.16. The number of hydrogen-bond donors (Lipinski definition) is 2. The van der Waals surface area contributed by atoms with Gasteiger partial charge < -0.3 is 5.32 Å². The smallest absolute Gasteiger partial charge is 0.242 e. The number of sulfonamides is 1. The summed E-state index contributed by atoms with van der Waals surface area (Å²) in [4.78, 5) is 12.0. The van der Waals surface area contributed by atoms with Gasteiger partial charge in [-0.25, -0.2) is 8.42 Å². The molecular formula is C15H12Cl4N2O3S. The van der Waals surface area contributed by atoms with E-state index >= 15 is 0 Å². The summed E-state index contributed by atoms with van der Waals surface area (Å²) in [6.07, 6.45) is 0. The van der Waals surface area contributed by atoms with Gasteiger partial charge in [0.25, 0.3) is 0 Å². The maximum absolute atomic E-state index is 12.4. The molecule has 134 valence electrons. The summed E-state index contributed by atoms with van der Waals surface area (Å²) >= 11 is 23.4. The standard InChI is InChI=1S/C15H12Cl4N2O3S/c1-8(15(22)20-12-5-10(17)4-11(18)6-12)21-25(23,24)14-7-9(16)2-3-13(14)19/h2-8,21H,1H3,(H,20,22). The van der Waals surface area contributed by atoms with E-state index in [9.17, 15) is 13.2 Å². The van der Waals surface area contributed by atoms with Crippen molar-refractivity contribution in [3.8, 4) is 0 Å². The molecule has 0 radical (unpaired) electrons. The van der Waals surface area contributed by atoms with Gasteiger partial charge in [0.15, 0.2) is 0 Å². The SMILES string of the molecule is CC(NS(=O)(=O)c1cc(Cl)ccc1Cl)C(=O)Nc1cc(Cl)cc(Cl)c1. The van der Waals surface area contributed by atoms with Crippen molar-refractivity contribution in [3.63, 3.8) is 0 Å². The fourth-order valence-electron chi connectivity index (χ4n) is 1.91. The van der Waals surface area contributed by atoms with Gasteiger partial charge >= 0.3 is 0 Å². The van der Waals surface area contributed by atoms with Gasteiger partial charge in [0.05, 0.1) is 11.1 Å². The van der Waals surface area contributed by atoms with Crippen LogP contribution in [-0.2, 0) is 14.8 Å². The maximum atomic E-state index is 12.4. The van der Waals surface area contributed by atoms with Crippen LogP contribution in [0.2, 0.25) is 20.1 Å². The first-order valence-electron chi connectivity index (χ1n) is 6.83. The van der Waals surface area contributed by atoms with E-state index in [2.05, 4.69) is 10.0 Å². The van der Waals surface area contributed by atoms with Crippen LogP contribution in [0.3, 0.4) is 0 Å². The molecule has 0 heterocycles. The highest BCUT2D eigenvalue weighted by Gasteiger charge is 2.24. The largest absolute Gasteiger partial charge is 0.325 e. The molecule has 2 aromatic rings. The molecular weight excluding hydrogens is 430 g/mol. The summed E-state index contributed by atoms with van der Waals surface area (Å²) < 4.78 is 27.0. The van der Waals surface area contributed by atoms with Crippen molar-refractivity contribution in [2.24, 2.45) is 0 Å². The number of benzene rings is 2. The fraction of sp³-hybridized carbons (Fsp3) is 0.133. The van der Waals surface area contributed by atoms with Crippen molar-refractivity contribution in [3.05, 3.63) is 56.5 Å². The lowest BCUT2D eigenvalue weighted by Crippen LogP contribution is -2.41. The quantitative estimate of drug-likeness (QED) is 0.711. The Morgan fingerprint density at radius 2 is 1.56 bits per heavy atom. The van der Waals surface area contributed by atoms with E-state index < -0.39 is 22.0 Å². The molecule has 0 saturated heterocycles. The number of anilines is 1. The van der Waals surface area contributed by atoms with Crippen LogP contribution in [0.5, 0.6) is 0 Å². The number of nitrogens with one attached hydrogen (secondary N) is 2. The number of hydrogen-bond acceptors (Lipinski definition) is 3. The number of halogens is 4. The number of rotatable bonds is 5. The van der Waals surface area contributed by atoms with Crippen molar-refractivity contribution in [1.29, 1.82) is 0 Å². The molecule has 25 heavy (non-hydrogen) atoms. The summed E-state index contributed by atoms with van der Waals surface area (Å²) in [5.74, 6) is -0.597. The molecule has 2 rings (SSSR count). The first-order valence-corrected chi connectivity index (χ1v) is 9.82. The van der Waals surface area contributed by atoms with Crippen LogP contribution in [0.15, 0.2) is 41.3 Å². The predicted molar refractivity (Wildman–Crippen MR) is 101 cm³/mol. The third-order valence-corrected chi connectivity index (χ3v) is 5.73. The molecule has 0 aliphatic heterocycles. The zero-order valence-electron chi connectivity index (χ0n) is 12.7. The predicted octanol–water partition coefficient (Wildman–Crippen LogP) is 4.61. The van der Waals surface area contributed by atoms with Crippen LogP contribution in [0.4, 0.5) is 5.69 Å². The molecule has 2 N–H and O–H groups in total. The van der Waals surface area contributed by atoms with Gasteiger partial charge in [-0.05, 0) is 43.3 Å². The van der Waals surface area contributed by atoms with E-state index in [4.69, 9.17) is 46.4 Å². The van der Waals surface area contributed by atoms with E-state index in [1.807, 2.05) is 0 Å². The second-order valence-corrected chi connectivity index (χ2v) is 8.46. The van der Waals surface area contributed by atoms with E-state index in [0.717, 1.165) is 0 Å². The summed E-state index contributed by atoms with van der Waals surface area (Å²) in [5, 5.41) is 3.40. The van der Waals surface area contributed by atoms with Crippen LogP contribution in [0, 0.1) is 0 Å². The second-order valence-electron chi connectivity index (χ2n) is 5.07. The molecule has 1 unspecified atom stereocenters. The monoisotopic (exact) mass is 440 g/mol. The van der Waals surface area contributed by atoms with E-state index in [1.165, 1.54) is 43.3 Å². The lowest BCUT2D eigenvalue weighted by atomic mass is 10.3. The molecule has 0 spiro atoms. The average molecular weight is 442 g/mol. The van der Waals surface area contributed by atoms with Crippen LogP contribution in [0.25, 0.3) is 0 Å². The Labute approximate surface area is 165 Å². The number of carbonyl (C=O) groups excluding carboxylic acids is 1. The zero-order valence-corrected chi connectivity index (χ0v) is 16.5. The van der Waals surface area contributed by atoms with Gasteiger partial charge in [-0.3, -0.25) is 4.79 Å². The summed E-state index contributed by atoms with van der Waals surface area (Å²) in [5.41, 5.74) is 0.342. The van der Waals surface area contributed by atoms with Crippen molar-refractivity contribution in [2.75, 3.05) is 5.32 Å². The molecule has 0 saturated carbocycles. The third kappa shape index (κ3) is 5.48. The lowest BCUT2D eigenvalue weighted by molar-refractivity contribution is -0.117. The van der Waals surface area contributed by atoms with Gasteiger partial charge in [-0.1, -0.05) is 46.4 Å². The molecule has 10 heteroatoms. The Kier molecular flexibility index (Phi) is 6.59. The Hall–Kier alpha value is -1.02. The molecule has 0 bridgehead atoms. The molecule has 1 atom stereocenters. The van der Waals surface area contributed by atoms with Crippen LogP contribution in [-0.4, -0.2) is 20.4 Å². The van der Waals surface area contributed by atoms with Crippen molar-refractivity contribution >= 4 is 68.0 Å². The number of amides is 1. The molecule has 0 aliphatic carbocycles. The normalized spacial score (nSPS) is 12.7. The highest BCUT2D eigenvalue weighted by Crippen LogP contribution is 2.25. The van der Waals surface area contributed by atoms with Crippen LogP contribution < -0.4 is 10.0 Å². The summed E-state index contributed by atoms with van der Waals surface area (Å²) in [7, 11) is -4.05. The molecule has 0 aliphatic rings. The second kappa shape index (κ2) is 8.12. The van der Waals surface area contributed by atoms with Crippen molar-refractivity contribution in [2.45, 2.75) is 17.9 Å².